The highest BCUT2D eigenvalue weighted by molar-refractivity contribution is 7.91. The molecule has 7 heteroatoms. The number of rotatable bonds is 4. The fraction of sp³-hybridized carbons (Fsp3) is 0.455. The molecule has 5 nitrogen and oxygen atoms in total. The van der Waals surface area contributed by atoms with E-state index in [0.29, 0.717) is 17.2 Å². The summed E-state index contributed by atoms with van der Waals surface area (Å²) in [5.41, 5.74) is 0. The normalized spacial score (nSPS) is 13.9. The van der Waals surface area contributed by atoms with Crippen molar-refractivity contribution in [3.8, 4) is 6.07 Å². The van der Waals surface area contributed by atoms with E-state index in [1.807, 2.05) is 19.9 Å². The number of nitrogens with two attached hydrogens (primary N) is 1. The van der Waals surface area contributed by atoms with Crippen LogP contribution in [0, 0.1) is 17.2 Å². The summed E-state index contributed by atoms with van der Waals surface area (Å²) in [6.45, 7) is 3.98. The van der Waals surface area contributed by atoms with Crippen molar-refractivity contribution in [2.45, 2.75) is 31.6 Å². The van der Waals surface area contributed by atoms with Crippen LogP contribution in [-0.4, -0.2) is 10.1 Å². The lowest BCUT2D eigenvalue weighted by Crippen LogP contribution is -2.14. The van der Waals surface area contributed by atoms with Crippen molar-refractivity contribution in [2.24, 2.45) is 15.4 Å². The number of thiophene rings is 1. The third-order valence-electron chi connectivity index (χ3n) is 2.20. The molecular weight excluding hydrogens is 270 g/mol. The molecule has 0 aliphatic rings. The summed E-state index contributed by atoms with van der Waals surface area (Å²) in [5, 5.41) is 15.7. The smallest absolute Gasteiger partial charge is 0.255 e. The van der Waals surface area contributed by atoms with Gasteiger partial charge in [-0.1, -0.05) is 13.8 Å². The largest absolute Gasteiger partial charge is 0.272 e. The first-order valence-electron chi connectivity index (χ1n) is 5.41. The molecule has 1 aromatic heterocycles. The van der Waals surface area contributed by atoms with Crippen molar-refractivity contribution in [3.63, 3.8) is 0 Å². The Kier molecular flexibility index (Phi) is 5.02. The molecule has 18 heavy (non-hydrogen) atoms. The Morgan fingerprint density at radius 2 is 2.33 bits per heavy atom. The van der Waals surface area contributed by atoms with Gasteiger partial charge in [0.05, 0.1) is 4.90 Å². The Labute approximate surface area is 111 Å². The molecule has 1 atom stereocenters. The first-order valence-corrected chi connectivity index (χ1v) is 7.87. The van der Waals surface area contributed by atoms with Crippen molar-refractivity contribution in [1.82, 2.24) is 0 Å². The van der Waals surface area contributed by atoms with Crippen molar-refractivity contribution in [1.29, 1.82) is 5.26 Å². The van der Waals surface area contributed by atoms with E-state index in [1.165, 1.54) is 11.4 Å². The van der Waals surface area contributed by atoms with Crippen LogP contribution >= 0.6 is 11.3 Å². The SMILES string of the molecule is CC(C)CCC(=O)N=S(N)(=O)c1csc(C#N)c1. The summed E-state index contributed by atoms with van der Waals surface area (Å²) in [5.74, 6) is -0.0785. The molecule has 0 fully saturated rings. The zero-order chi connectivity index (χ0) is 13.8. The Bertz CT molecular complexity index is 590. The number of amides is 1. The van der Waals surface area contributed by atoms with Crippen molar-refractivity contribution in [2.75, 3.05) is 0 Å². The molecule has 1 rings (SSSR count). The third-order valence-corrected chi connectivity index (χ3v) is 4.57. The zero-order valence-corrected chi connectivity index (χ0v) is 11.9. The highest BCUT2D eigenvalue weighted by Crippen LogP contribution is 2.19. The van der Waals surface area contributed by atoms with Gasteiger partial charge in [0.25, 0.3) is 5.91 Å². The highest BCUT2D eigenvalue weighted by Gasteiger charge is 2.12. The van der Waals surface area contributed by atoms with E-state index in [1.54, 1.807) is 0 Å². The molecule has 0 aliphatic carbocycles. The summed E-state index contributed by atoms with van der Waals surface area (Å²) >= 11 is 1.13. The minimum atomic E-state index is -3.21. The summed E-state index contributed by atoms with van der Waals surface area (Å²) in [6.07, 6.45) is 0.923. The van der Waals surface area contributed by atoms with Crippen LogP contribution in [0.3, 0.4) is 0 Å². The molecule has 0 radical (unpaired) electrons. The van der Waals surface area contributed by atoms with Gasteiger partial charge in [-0.05, 0) is 18.4 Å². The van der Waals surface area contributed by atoms with E-state index >= 15 is 0 Å². The fourth-order valence-corrected chi connectivity index (χ4v) is 3.31. The quantitative estimate of drug-likeness (QED) is 0.919. The average Bonchev–Trinajstić information content (AvgIpc) is 2.75. The Morgan fingerprint density at radius 3 is 2.83 bits per heavy atom. The van der Waals surface area contributed by atoms with Gasteiger partial charge in [0, 0.05) is 11.8 Å². The maximum absolute atomic E-state index is 12.1. The second-order valence-corrected chi connectivity index (χ2v) is 6.95. The number of nitriles is 1. The average molecular weight is 285 g/mol. The Balaban J connectivity index is 2.89. The maximum atomic E-state index is 12.1. The van der Waals surface area contributed by atoms with E-state index in [-0.39, 0.29) is 11.3 Å². The predicted molar refractivity (Wildman–Crippen MR) is 71.1 cm³/mol. The minimum absolute atomic E-state index is 0.237. The Morgan fingerprint density at radius 1 is 1.67 bits per heavy atom. The lowest BCUT2D eigenvalue weighted by atomic mass is 10.1. The first kappa shape index (κ1) is 14.8. The lowest BCUT2D eigenvalue weighted by Gasteiger charge is -2.02. The van der Waals surface area contributed by atoms with Crippen molar-refractivity contribution in [3.05, 3.63) is 16.3 Å². The molecule has 1 heterocycles. The molecule has 1 aromatic rings. The molecule has 0 saturated carbocycles. The second kappa shape index (κ2) is 6.09. The molecule has 0 aromatic carbocycles. The van der Waals surface area contributed by atoms with E-state index in [2.05, 4.69) is 4.36 Å². The minimum Gasteiger partial charge on any atom is -0.272 e. The molecule has 0 spiro atoms. The van der Waals surface area contributed by atoms with Gasteiger partial charge >= 0.3 is 0 Å². The van der Waals surface area contributed by atoms with Gasteiger partial charge in [0.2, 0.25) is 0 Å². The maximum Gasteiger partial charge on any atom is 0.255 e. The summed E-state index contributed by atoms with van der Waals surface area (Å²) in [6, 6.07) is 3.33. The van der Waals surface area contributed by atoms with Gasteiger partial charge < -0.3 is 0 Å². The zero-order valence-electron chi connectivity index (χ0n) is 10.3. The summed E-state index contributed by atoms with van der Waals surface area (Å²) < 4.78 is 15.6. The summed E-state index contributed by atoms with van der Waals surface area (Å²) in [7, 11) is -3.21. The molecule has 1 amide bonds. The van der Waals surface area contributed by atoms with Crippen LogP contribution in [0.1, 0.15) is 31.6 Å². The second-order valence-electron chi connectivity index (χ2n) is 4.24. The van der Waals surface area contributed by atoms with Gasteiger partial charge in [-0.3, -0.25) is 4.79 Å². The molecule has 1 unspecified atom stereocenters. The first-order chi connectivity index (χ1) is 8.35. The molecule has 0 bridgehead atoms. The van der Waals surface area contributed by atoms with Gasteiger partial charge in [0.1, 0.15) is 20.9 Å². The fourth-order valence-electron chi connectivity index (χ4n) is 1.19. The van der Waals surface area contributed by atoms with Gasteiger partial charge in [0.15, 0.2) is 0 Å². The Hall–Kier alpha value is -1.23. The van der Waals surface area contributed by atoms with Crippen LogP contribution < -0.4 is 5.14 Å². The van der Waals surface area contributed by atoms with Crippen molar-refractivity contribution >= 4 is 27.2 Å². The molecule has 0 aliphatic heterocycles. The number of carbonyl (C=O) groups is 1. The number of hydrogen-bond donors (Lipinski definition) is 1. The van der Waals surface area contributed by atoms with Crippen LogP contribution in [0.5, 0.6) is 0 Å². The van der Waals surface area contributed by atoms with Gasteiger partial charge in [-0.15, -0.1) is 15.7 Å². The van der Waals surface area contributed by atoms with Crippen LogP contribution in [0.4, 0.5) is 0 Å². The van der Waals surface area contributed by atoms with E-state index in [9.17, 15) is 9.00 Å². The van der Waals surface area contributed by atoms with Gasteiger partial charge in [-0.2, -0.15) is 5.26 Å². The van der Waals surface area contributed by atoms with Crippen molar-refractivity contribution < 1.29 is 9.00 Å². The molecule has 98 valence electrons. The summed E-state index contributed by atoms with van der Waals surface area (Å²) in [4.78, 5) is 12.2. The van der Waals surface area contributed by atoms with E-state index in [4.69, 9.17) is 10.4 Å². The topological polar surface area (TPSA) is 96.3 Å². The van der Waals surface area contributed by atoms with Gasteiger partial charge in [-0.25, -0.2) is 9.35 Å². The van der Waals surface area contributed by atoms with Crippen LogP contribution in [0.2, 0.25) is 0 Å². The van der Waals surface area contributed by atoms with Crippen LogP contribution in [0.15, 0.2) is 20.7 Å². The lowest BCUT2D eigenvalue weighted by molar-refractivity contribution is -0.117. The third kappa shape index (κ3) is 4.22. The molecule has 0 saturated heterocycles. The number of hydrogen-bond acceptors (Lipinski definition) is 4. The number of nitrogens with zero attached hydrogens (tertiary/aromatic N) is 2. The highest BCUT2D eigenvalue weighted by atomic mass is 32.2. The number of carbonyl (C=O) groups excluding carboxylic acids is 1. The molecular formula is C11H15N3O2S2. The van der Waals surface area contributed by atoms with E-state index < -0.39 is 15.8 Å². The van der Waals surface area contributed by atoms with E-state index in [0.717, 1.165) is 11.3 Å². The van der Waals surface area contributed by atoms with Crippen LogP contribution in [-0.2, 0) is 14.7 Å². The van der Waals surface area contributed by atoms with Crippen LogP contribution in [0.25, 0.3) is 0 Å². The standard InChI is InChI=1S/C11H15N3O2S2/c1-8(2)3-4-11(15)14-18(13,16)10-5-9(6-12)17-7-10/h5,7-8H,3-4H2,1-2H3,(H2,13,14,15,16). The predicted octanol–water partition coefficient (Wildman–Crippen LogP) is 2.28. The monoisotopic (exact) mass is 285 g/mol. The molecule has 2 N–H and O–H groups in total.